The van der Waals surface area contributed by atoms with Gasteiger partial charge in [-0.2, -0.15) is 0 Å². The fraction of sp³-hybridized carbons (Fsp3) is 0.524. The Kier molecular flexibility index (Phi) is 6.72. The Morgan fingerprint density at radius 3 is 2.73 bits per heavy atom. The molecule has 2 aromatic rings. The highest BCUT2D eigenvalue weighted by atomic mass is 16.5. The van der Waals surface area contributed by atoms with Crippen LogP contribution in [-0.4, -0.2) is 53.8 Å². The van der Waals surface area contributed by atoms with Gasteiger partial charge in [-0.15, -0.1) is 0 Å². The van der Waals surface area contributed by atoms with Gasteiger partial charge in [0.05, 0.1) is 13.2 Å². The molecule has 0 aliphatic carbocycles. The summed E-state index contributed by atoms with van der Waals surface area (Å²) in [6.07, 6.45) is 0.781. The normalized spacial score (nSPS) is 19.0. The van der Waals surface area contributed by atoms with E-state index in [4.69, 9.17) is 9.15 Å². The maximum Gasteiger partial charge on any atom is 0.123 e. The van der Waals surface area contributed by atoms with Gasteiger partial charge in [0.2, 0.25) is 0 Å². The van der Waals surface area contributed by atoms with E-state index in [2.05, 4.69) is 28.0 Å². The van der Waals surface area contributed by atoms with Crippen LogP contribution in [0, 0.1) is 6.92 Å². The molecule has 1 aromatic heterocycles. The number of aliphatic hydroxyl groups is 1. The van der Waals surface area contributed by atoms with E-state index in [9.17, 15) is 5.11 Å². The Labute approximate surface area is 156 Å². The number of aliphatic hydroxyl groups excluding tert-OH is 1. The van der Waals surface area contributed by atoms with E-state index in [-0.39, 0.29) is 6.61 Å². The van der Waals surface area contributed by atoms with Crippen molar-refractivity contribution in [3.05, 3.63) is 53.5 Å². The van der Waals surface area contributed by atoms with Crippen molar-refractivity contribution in [2.45, 2.75) is 39.4 Å². The van der Waals surface area contributed by atoms with Gasteiger partial charge in [-0.1, -0.05) is 18.2 Å². The molecule has 0 radical (unpaired) electrons. The topological polar surface area (TPSA) is 49.1 Å². The molecule has 142 valence electrons. The summed E-state index contributed by atoms with van der Waals surface area (Å²) in [5, 5.41) is 9.51. The van der Waals surface area contributed by atoms with Crippen LogP contribution >= 0.6 is 0 Å². The lowest BCUT2D eigenvalue weighted by molar-refractivity contribution is 0.0450. The monoisotopic (exact) mass is 358 g/mol. The highest BCUT2D eigenvalue weighted by Gasteiger charge is 2.27. The second-order valence-electron chi connectivity index (χ2n) is 6.92. The van der Waals surface area contributed by atoms with Crippen molar-refractivity contribution in [1.29, 1.82) is 0 Å². The molecular formula is C21H30N2O3. The fourth-order valence-electron chi connectivity index (χ4n) is 3.67. The summed E-state index contributed by atoms with van der Waals surface area (Å²) in [7, 11) is 0. The molecule has 1 saturated heterocycles. The van der Waals surface area contributed by atoms with Crippen LogP contribution in [0.4, 0.5) is 0 Å². The summed E-state index contributed by atoms with van der Waals surface area (Å²) in [6.45, 7) is 9.49. The largest absolute Gasteiger partial charge is 0.494 e. The van der Waals surface area contributed by atoms with Crippen LogP contribution in [0.5, 0.6) is 5.75 Å². The first-order valence-electron chi connectivity index (χ1n) is 9.53. The summed E-state index contributed by atoms with van der Waals surface area (Å²) >= 11 is 0. The molecule has 0 saturated carbocycles. The predicted molar refractivity (Wildman–Crippen MR) is 102 cm³/mol. The Balaban J connectivity index is 1.64. The SMILES string of the molecule is CCOc1ccccc1CN1CCN(Cc2ccc(C)o2)[C@H](CCO)C1. The molecule has 0 bridgehead atoms. The minimum atomic E-state index is 0.210. The number of hydrogen-bond acceptors (Lipinski definition) is 5. The number of aryl methyl sites for hydroxylation is 1. The van der Waals surface area contributed by atoms with Crippen LogP contribution in [-0.2, 0) is 13.1 Å². The van der Waals surface area contributed by atoms with Gasteiger partial charge in [0.1, 0.15) is 17.3 Å². The Bertz CT molecular complexity index is 685. The minimum absolute atomic E-state index is 0.210. The van der Waals surface area contributed by atoms with Crippen LogP contribution < -0.4 is 4.74 Å². The van der Waals surface area contributed by atoms with Crippen LogP contribution in [0.3, 0.4) is 0 Å². The molecule has 1 aliphatic rings. The lowest BCUT2D eigenvalue weighted by atomic mass is 10.1. The van der Waals surface area contributed by atoms with Gasteiger partial charge in [0.15, 0.2) is 0 Å². The molecule has 5 nitrogen and oxygen atoms in total. The third-order valence-corrected chi connectivity index (χ3v) is 4.97. The van der Waals surface area contributed by atoms with Crippen molar-refractivity contribution < 1.29 is 14.3 Å². The predicted octanol–water partition coefficient (Wildman–Crippen LogP) is 3.06. The van der Waals surface area contributed by atoms with Crippen LogP contribution in [0.2, 0.25) is 0 Å². The highest BCUT2D eigenvalue weighted by molar-refractivity contribution is 5.33. The zero-order valence-corrected chi connectivity index (χ0v) is 15.9. The molecule has 1 aliphatic heterocycles. The molecule has 1 aromatic carbocycles. The Hall–Kier alpha value is -1.82. The zero-order valence-electron chi connectivity index (χ0n) is 15.9. The lowest BCUT2D eigenvalue weighted by Gasteiger charge is -2.41. The first-order valence-corrected chi connectivity index (χ1v) is 9.53. The molecule has 5 heteroatoms. The van der Waals surface area contributed by atoms with Gasteiger partial charge in [0.25, 0.3) is 0 Å². The van der Waals surface area contributed by atoms with E-state index in [0.29, 0.717) is 12.6 Å². The average molecular weight is 358 g/mol. The van der Waals surface area contributed by atoms with E-state index >= 15 is 0 Å². The van der Waals surface area contributed by atoms with Crippen molar-refractivity contribution in [2.24, 2.45) is 0 Å². The van der Waals surface area contributed by atoms with E-state index in [1.807, 2.05) is 32.0 Å². The number of hydrogen-bond donors (Lipinski definition) is 1. The van der Waals surface area contributed by atoms with E-state index in [1.54, 1.807) is 0 Å². The maximum absolute atomic E-state index is 9.51. The van der Waals surface area contributed by atoms with E-state index < -0.39 is 0 Å². The average Bonchev–Trinajstić information content (AvgIpc) is 3.04. The summed E-state index contributed by atoms with van der Waals surface area (Å²) in [5.41, 5.74) is 1.23. The molecule has 0 amide bonds. The number of nitrogens with zero attached hydrogens (tertiary/aromatic N) is 2. The number of rotatable bonds is 8. The van der Waals surface area contributed by atoms with Crippen LogP contribution in [0.15, 0.2) is 40.8 Å². The summed E-state index contributed by atoms with van der Waals surface area (Å²) in [6, 6.07) is 12.7. The zero-order chi connectivity index (χ0) is 18.4. The number of piperazine rings is 1. The molecule has 2 heterocycles. The second-order valence-corrected chi connectivity index (χ2v) is 6.92. The van der Waals surface area contributed by atoms with Crippen LogP contribution in [0.1, 0.15) is 30.4 Å². The van der Waals surface area contributed by atoms with Crippen LogP contribution in [0.25, 0.3) is 0 Å². The number of benzene rings is 1. The molecule has 0 spiro atoms. The van der Waals surface area contributed by atoms with Gasteiger partial charge in [0, 0.05) is 44.4 Å². The van der Waals surface area contributed by atoms with Gasteiger partial charge >= 0.3 is 0 Å². The summed E-state index contributed by atoms with van der Waals surface area (Å²) < 4.78 is 11.5. The Morgan fingerprint density at radius 2 is 2.00 bits per heavy atom. The molecule has 0 unspecified atom stereocenters. The molecule has 3 rings (SSSR count). The second kappa shape index (κ2) is 9.21. The third-order valence-electron chi connectivity index (χ3n) is 4.97. The quantitative estimate of drug-likeness (QED) is 0.786. The number of furan rings is 1. The van der Waals surface area contributed by atoms with Gasteiger partial charge in [-0.3, -0.25) is 9.80 Å². The summed E-state index contributed by atoms with van der Waals surface area (Å²) in [4.78, 5) is 4.89. The maximum atomic E-state index is 9.51. The first-order chi connectivity index (χ1) is 12.7. The van der Waals surface area contributed by atoms with E-state index in [0.717, 1.165) is 56.4 Å². The van der Waals surface area contributed by atoms with Crippen molar-refractivity contribution in [1.82, 2.24) is 9.80 Å². The number of para-hydroxylation sites is 1. The highest BCUT2D eigenvalue weighted by Crippen LogP contribution is 2.23. The standard InChI is InChI=1S/C21H30N2O3/c1-3-25-21-7-5-4-6-18(21)14-22-11-12-23(19(15-22)10-13-24)16-20-9-8-17(2)26-20/h4-9,19,24H,3,10-16H2,1-2H3/t19-/m1/s1. The third kappa shape index (κ3) is 4.87. The lowest BCUT2D eigenvalue weighted by Crippen LogP contribution is -2.52. The smallest absolute Gasteiger partial charge is 0.123 e. The fourth-order valence-corrected chi connectivity index (χ4v) is 3.67. The van der Waals surface area contributed by atoms with Crippen molar-refractivity contribution in [3.63, 3.8) is 0 Å². The van der Waals surface area contributed by atoms with Crippen molar-refractivity contribution >= 4 is 0 Å². The molecular weight excluding hydrogens is 328 g/mol. The van der Waals surface area contributed by atoms with Gasteiger partial charge in [-0.25, -0.2) is 0 Å². The van der Waals surface area contributed by atoms with Crippen molar-refractivity contribution in [3.8, 4) is 5.75 Å². The molecule has 1 fully saturated rings. The first kappa shape index (κ1) is 19.0. The summed E-state index contributed by atoms with van der Waals surface area (Å²) in [5.74, 6) is 2.92. The molecule has 1 N–H and O–H groups in total. The minimum Gasteiger partial charge on any atom is -0.494 e. The van der Waals surface area contributed by atoms with Gasteiger partial charge < -0.3 is 14.3 Å². The van der Waals surface area contributed by atoms with E-state index in [1.165, 1.54) is 5.56 Å². The molecule has 26 heavy (non-hydrogen) atoms. The molecule has 1 atom stereocenters. The van der Waals surface area contributed by atoms with Crippen molar-refractivity contribution in [2.75, 3.05) is 32.8 Å². The Morgan fingerprint density at radius 1 is 1.15 bits per heavy atom. The van der Waals surface area contributed by atoms with Gasteiger partial charge in [-0.05, 0) is 38.5 Å². The number of ether oxygens (including phenoxy) is 1.